The van der Waals surface area contributed by atoms with Gasteiger partial charge >= 0.3 is 6.09 Å². The molecular formula is C19H27N3O3S. The molecule has 0 aliphatic carbocycles. The van der Waals surface area contributed by atoms with Crippen LogP contribution in [0.15, 0.2) is 30.3 Å². The van der Waals surface area contributed by atoms with Gasteiger partial charge in [0.15, 0.2) is 0 Å². The van der Waals surface area contributed by atoms with Crippen molar-refractivity contribution in [3.8, 4) is 6.07 Å². The summed E-state index contributed by atoms with van der Waals surface area (Å²) in [5.74, 6) is 0.369. The van der Waals surface area contributed by atoms with E-state index in [0.717, 1.165) is 11.3 Å². The third kappa shape index (κ3) is 8.77. The minimum atomic E-state index is -0.822. The molecule has 7 heteroatoms. The summed E-state index contributed by atoms with van der Waals surface area (Å²) in [5, 5.41) is 14.5. The van der Waals surface area contributed by atoms with Crippen LogP contribution in [0.25, 0.3) is 0 Å². The molecule has 0 spiro atoms. The van der Waals surface area contributed by atoms with E-state index >= 15 is 0 Å². The quantitative estimate of drug-likeness (QED) is 0.727. The van der Waals surface area contributed by atoms with Crippen molar-refractivity contribution in [1.82, 2.24) is 10.6 Å². The third-order valence-electron chi connectivity index (χ3n) is 3.37. The number of amides is 2. The van der Waals surface area contributed by atoms with E-state index < -0.39 is 29.7 Å². The molecule has 0 saturated heterocycles. The molecule has 1 rings (SSSR count). The van der Waals surface area contributed by atoms with Crippen molar-refractivity contribution in [1.29, 1.82) is 5.26 Å². The standard InChI is InChI=1S/C19H27N3O3S/c1-19(2,3)25-18(24)22-16(12-14-8-6-5-7-9-14)17(23)21-15(13-20)10-11-26-4/h5-9,15-16H,10-12H2,1-4H3,(H,21,23)(H,22,24)/t15-,16-/m0/s1. The van der Waals surface area contributed by atoms with Crippen LogP contribution in [-0.2, 0) is 16.0 Å². The van der Waals surface area contributed by atoms with E-state index in [9.17, 15) is 14.9 Å². The number of benzene rings is 1. The fourth-order valence-corrected chi connectivity index (χ4v) is 2.66. The molecule has 2 amide bonds. The Morgan fingerprint density at radius 3 is 2.42 bits per heavy atom. The summed E-state index contributed by atoms with van der Waals surface area (Å²) in [6.45, 7) is 5.27. The number of hydrogen-bond donors (Lipinski definition) is 2. The molecule has 26 heavy (non-hydrogen) atoms. The molecule has 0 heterocycles. The monoisotopic (exact) mass is 377 g/mol. The molecule has 6 nitrogen and oxygen atoms in total. The van der Waals surface area contributed by atoms with E-state index in [1.165, 1.54) is 0 Å². The lowest BCUT2D eigenvalue weighted by Crippen LogP contribution is -2.51. The highest BCUT2D eigenvalue weighted by atomic mass is 32.2. The summed E-state index contributed by atoms with van der Waals surface area (Å²) >= 11 is 1.61. The van der Waals surface area contributed by atoms with Gasteiger partial charge in [0.2, 0.25) is 5.91 Å². The highest BCUT2D eigenvalue weighted by Gasteiger charge is 2.26. The van der Waals surface area contributed by atoms with Gasteiger partial charge in [-0.05, 0) is 44.8 Å². The van der Waals surface area contributed by atoms with Gasteiger partial charge in [0.1, 0.15) is 17.7 Å². The van der Waals surface area contributed by atoms with E-state index in [0.29, 0.717) is 12.8 Å². The van der Waals surface area contributed by atoms with Crippen molar-refractivity contribution in [3.63, 3.8) is 0 Å². The van der Waals surface area contributed by atoms with E-state index in [4.69, 9.17) is 4.74 Å². The number of nitrogens with zero attached hydrogens (tertiary/aromatic N) is 1. The molecule has 142 valence electrons. The zero-order chi connectivity index (χ0) is 19.6. The van der Waals surface area contributed by atoms with Crippen LogP contribution in [0.1, 0.15) is 32.8 Å². The summed E-state index contributed by atoms with van der Waals surface area (Å²) in [4.78, 5) is 24.8. The molecule has 0 radical (unpaired) electrons. The molecule has 2 atom stereocenters. The summed E-state index contributed by atoms with van der Waals surface area (Å²) in [6, 6.07) is 10.1. The Labute approximate surface area is 159 Å². The smallest absolute Gasteiger partial charge is 0.408 e. The number of carbonyl (C=O) groups is 2. The zero-order valence-corrected chi connectivity index (χ0v) is 16.6. The molecule has 1 aromatic carbocycles. The second kappa shape index (κ2) is 10.7. The van der Waals surface area contributed by atoms with Crippen LogP contribution < -0.4 is 10.6 Å². The van der Waals surface area contributed by atoms with Gasteiger partial charge in [-0.2, -0.15) is 17.0 Å². The van der Waals surface area contributed by atoms with E-state index in [2.05, 4.69) is 16.7 Å². The topological polar surface area (TPSA) is 91.2 Å². The Balaban J connectivity index is 2.83. The van der Waals surface area contributed by atoms with E-state index in [1.54, 1.807) is 32.5 Å². The minimum Gasteiger partial charge on any atom is -0.444 e. The molecule has 0 saturated carbocycles. The molecule has 0 aliphatic rings. The molecule has 0 fully saturated rings. The lowest BCUT2D eigenvalue weighted by Gasteiger charge is -2.24. The van der Waals surface area contributed by atoms with Crippen molar-refractivity contribution in [3.05, 3.63) is 35.9 Å². The van der Waals surface area contributed by atoms with Crippen LogP contribution in [0.4, 0.5) is 4.79 Å². The fraction of sp³-hybridized carbons (Fsp3) is 0.526. The molecule has 1 aromatic rings. The lowest BCUT2D eigenvalue weighted by molar-refractivity contribution is -0.123. The number of thioether (sulfide) groups is 1. The van der Waals surface area contributed by atoms with Gasteiger partial charge in [0.05, 0.1) is 6.07 Å². The molecule has 0 aliphatic heterocycles. The van der Waals surface area contributed by atoms with Crippen molar-refractivity contribution < 1.29 is 14.3 Å². The Kier molecular flexibility index (Phi) is 9.00. The van der Waals surface area contributed by atoms with Gasteiger partial charge in [0, 0.05) is 6.42 Å². The Bertz CT molecular complexity index is 623. The van der Waals surface area contributed by atoms with Gasteiger partial charge in [-0.25, -0.2) is 4.79 Å². The van der Waals surface area contributed by atoms with E-state index in [-0.39, 0.29) is 0 Å². The summed E-state index contributed by atoms with van der Waals surface area (Å²) < 4.78 is 5.25. The number of nitriles is 1. The second-order valence-corrected chi connectivity index (χ2v) is 7.85. The fourth-order valence-electron chi connectivity index (χ4n) is 2.19. The number of ether oxygens (including phenoxy) is 1. The second-order valence-electron chi connectivity index (χ2n) is 6.86. The van der Waals surface area contributed by atoms with Crippen molar-refractivity contribution in [2.24, 2.45) is 0 Å². The van der Waals surface area contributed by atoms with Crippen molar-refractivity contribution in [2.45, 2.75) is 51.3 Å². The number of rotatable bonds is 8. The van der Waals surface area contributed by atoms with Crippen LogP contribution in [-0.4, -0.2) is 41.7 Å². The van der Waals surface area contributed by atoms with Gasteiger partial charge in [-0.15, -0.1) is 0 Å². The highest BCUT2D eigenvalue weighted by Crippen LogP contribution is 2.09. The first-order valence-corrected chi connectivity index (χ1v) is 9.87. The Morgan fingerprint density at radius 2 is 1.88 bits per heavy atom. The molecular weight excluding hydrogens is 350 g/mol. The van der Waals surface area contributed by atoms with Crippen molar-refractivity contribution >= 4 is 23.8 Å². The first-order chi connectivity index (χ1) is 12.2. The first kappa shape index (κ1) is 21.8. The first-order valence-electron chi connectivity index (χ1n) is 8.47. The SMILES string of the molecule is CSCC[C@@H](C#N)NC(=O)[C@H](Cc1ccccc1)NC(=O)OC(C)(C)C. The maximum Gasteiger partial charge on any atom is 0.408 e. The van der Waals surface area contributed by atoms with Crippen LogP contribution in [0.5, 0.6) is 0 Å². The van der Waals surface area contributed by atoms with E-state index in [1.807, 2.05) is 36.6 Å². The number of alkyl carbamates (subject to hydrolysis) is 1. The Morgan fingerprint density at radius 1 is 1.23 bits per heavy atom. The highest BCUT2D eigenvalue weighted by molar-refractivity contribution is 7.98. The average molecular weight is 378 g/mol. The summed E-state index contributed by atoms with van der Waals surface area (Å²) in [5.41, 5.74) is 0.243. The van der Waals surface area contributed by atoms with Gasteiger partial charge in [-0.1, -0.05) is 30.3 Å². The maximum absolute atomic E-state index is 12.6. The van der Waals surface area contributed by atoms with Crippen LogP contribution in [0.2, 0.25) is 0 Å². The molecule has 2 N–H and O–H groups in total. The Hall–Kier alpha value is -2.20. The van der Waals surface area contributed by atoms with Gasteiger partial charge in [-0.3, -0.25) is 4.79 Å². The lowest BCUT2D eigenvalue weighted by atomic mass is 10.0. The number of nitrogens with one attached hydrogen (secondary N) is 2. The van der Waals surface area contributed by atoms with Crippen LogP contribution in [0, 0.1) is 11.3 Å². The van der Waals surface area contributed by atoms with Gasteiger partial charge in [0.25, 0.3) is 0 Å². The predicted molar refractivity (Wildman–Crippen MR) is 104 cm³/mol. The largest absolute Gasteiger partial charge is 0.444 e. The van der Waals surface area contributed by atoms with Crippen molar-refractivity contribution in [2.75, 3.05) is 12.0 Å². The average Bonchev–Trinajstić information content (AvgIpc) is 2.57. The zero-order valence-electron chi connectivity index (χ0n) is 15.7. The minimum absolute atomic E-state index is 0.312. The summed E-state index contributed by atoms with van der Waals surface area (Å²) in [6.07, 6.45) is 2.14. The molecule has 0 aromatic heterocycles. The molecule has 0 unspecified atom stereocenters. The summed E-state index contributed by atoms with van der Waals surface area (Å²) in [7, 11) is 0. The number of carbonyl (C=O) groups excluding carboxylic acids is 2. The van der Waals surface area contributed by atoms with Crippen LogP contribution >= 0.6 is 11.8 Å². The van der Waals surface area contributed by atoms with Crippen LogP contribution in [0.3, 0.4) is 0 Å². The molecule has 0 bridgehead atoms. The number of hydrogen-bond acceptors (Lipinski definition) is 5. The maximum atomic E-state index is 12.6. The van der Waals surface area contributed by atoms with Gasteiger partial charge < -0.3 is 15.4 Å². The third-order valence-corrected chi connectivity index (χ3v) is 4.02. The normalized spacial score (nSPS) is 13.2. The predicted octanol–water partition coefficient (Wildman–Crippen LogP) is 2.88.